The molecular formula is C16H24BrNO4. The molecule has 0 N–H and O–H groups in total. The van der Waals surface area contributed by atoms with E-state index in [1.807, 2.05) is 44.9 Å². The molecule has 22 heavy (non-hydrogen) atoms. The Bertz CT molecular complexity index is 500. The van der Waals surface area contributed by atoms with Crippen LogP contribution in [0.25, 0.3) is 0 Å². The van der Waals surface area contributed by atoms with Crippen molar-refractivity contribution in [3.05, 3.63) is 22.2 Å². The summed E-state index contributed by atoms with van der Waals surface area (Å²) in [5.74, 6) is 1.16. The summed E-state index contributed by atoms with van der Waals surface area (Å²) < 4.78 is 17.0. The van der Waals surface area contributed by atoms with Crippen LogP contribution >= 0.6 is 15.9 Å². The van der Waals surface area contributed by atoms with Crippen LogP contribution in [0.2, 0.25) is 0 Å². The van der Waals surface area contributed by atoms with Gasteiger partial charge in [-0.3, -0.25) is 9.69 Å². The number of rotatable bonds is 6. The number of esters is 1. The fourth-order valence-electron chi connectivity index (χ4n) is 2.03. The third kappa shape index (κ3) is 5.85. The molecule has 0 aliphatic rings. The predicted octanol–water partition coefficient (Wildman–Crippen LogP) is 3.24. The lowest BCUT2D eigenvalue weighted by Crippen LogP contribution is -2.32. The first-order chi connectivity index (χ1) is 10.2. The van der Waals surface area contributed by atoms with E-state index in [4.69, 9.17) is 14.2 Å². The Balaban J connectivity index is 2.83. The molecule has 1 rings (SSSR count). The van der Waals surface area contributed by atoms with Crippen molar-refractivity contribution in [2.24, 2.45) is 0 Å². The van der Waals surface area contributed by atoms with E-state index in [0.717, 1.165) is 10.0 Å². The molecule has 0 aliphatic heterocycles. The molecule has 0 unspecified atom stereocenters. The van der Waals surface area contributed by atoms with Crippen LogP contribution in [0, 0.1) is 0 Å². The van der Waals surface area contributed by atoms with Crippen molar-refractivity contribution in [2.75, 3.05) is 27.8 Å². The van der Waals surface area contributed by atoms with E-state index in [1.165, 1.54) is 0 Å². The fourth-order valence-corrected chi connectivity index (χ4v) is 2.44. The summed E-state index contributed by atoms with van der Waals surface area (Å²) in [5, 5.41) is 0. The van der Waals surface area contributed by atoms with Gasteiger partial charge in [-0.2, -0.15) is 0 Å². The van der Waals surface area contributed by atoms with Crippen molar-refractivity contribution in [3.8, 4) is 11.5 Å². The summed E-state index contributed by atoms with van der Waals surface area (Å²) >= 11 is 3.42. The van der Waals surface area contributed by atoms with Gasteiger partial charge in [-0.15, -0.1) is 0 Å². The van der Waals surface area contributed by atoms with Gasteiger partial charge in [0, 0.05) is 11.0 Å². The molecule has 6 heteroatoms. The highest BCUT2D eigenvalue weighted by Gasteiger charge is 2.19. The van der Waals surface area contributed by atoms with Crippen LogP contribution in [0.15, 0.2) is 16.6 Å². The van der Waals surface area contributed by atoms with Gasteiger partial charge in [0.1, 0.15) is 17.1 Å². The number of halogens is 1. The van der Waals surface area contributed by atoms with Crippen molar-refractivity contribution in [2.45, 2.75) is 32.9 Å². The average molecular weight is 374 g/mol. The van der Waals surface area contributed by atoms with Gasteiger partial charge in [-0.25, -0.2) is 0 Å². The zero-order chi connectivity index (χ0) is 16.9. The number of carbonyl (C=O) groups excluding carboxylic acids is 1. The summed E-state index contributed by atoms with van der Waals surface area (Å²) in [6, 6.07) is 3.75. The lowest BCUT2D eigenvalue weighted by atomic mass is 10.1. The maximum Gasteiger partial charge on any atom is 0.320 e. The van der Waals surface area contributed by atoms with Crippen LogP contribution < -0.4 is 9.47 Å². The number of hydrogen-bond donors (Lipinski definition) is 0. The van der Waals surface area contributed by atoms with E-state index in [1.54, 1.807) is 14.2 Å². The fraction of sp³-hybridized carbons (Fsp3) is 0.562. The molecule has 0 amide bonds. The number of benzene rings is 1. The molecule has 0 saturated carbocycles. The molecule has 1 aromatic carbocycles. The molecule has 0 saturated heterocycles. The van der Waals surface area contributed by atoms with Crippen LogP contribution in [-0.2, 0) is 16.1 Å². The lowest BCUT2D eigenvalue weighted by Gasteiger charge is -2.23. The average Bonchev–Trinajstić information content (AvgIpc) is 2.37. The molecular weight excluding hydrogens is 350 g/mol. The largest absolute Gasteiger partial charge is 0.496 e. The maximum absolute atomic E-state index is 11.9. The third-order valence-electron chi connectivity index (χ3n) is 2.82. The number of ether oxygens (including phenoxy) is 3. The number of carbonyl (C=O) groups is 1. The van der Waals surface area contributed by atoms with Gasteiger partial charge in [-0.05, 0) is 40.0 Å². The molecule has 124 valence electrons. The number of likely N-dealkylation sites (N-methyl/N-ethyl adjacent to an activating group) is 1. The standard InChI is InChI=1S/C16H24BrNO4/c1-16(2,3)22-15(19)10-18(4)9-12-13(20-5)7-11(17)8-14(12)21-6/h7-8H,9-10H2,1-6H3. The smallest absolute Gasteiger partial charge is 0.320 e. The van der Waals surface area contributed by atoms with Gasteiger partial charge in [0.15, 0.2) is 0 Å². The van der Waals surface area contributed by atoms with E-state index in [-0.39, 0.29) is 12.5 Å². The van der Waals surface area contributed by atoms with E-state index in [9.17, 15) is 4.79 Å². The van der Waals surface area contributed by atoms with E-state index < -0.39 is 5.60 Å². The van der Waals surface area contributed by atoms with Crippen molar-refractivity contribution in [1.82, 2.24) is 4.90 Å². The Labute approximate surface area is 140 Å². The molecule has 1 aromatic rings. The Hall–Kier alpha value is -1.27. The summed E-state index contributed by atoms with van der Waals surface area (Å²) in [4.78, 5) is 13.8. The Morgan fingerprint density at radius 3 is 2.09 bits per heavy atom. The second-order valence-electron chi connectivity index (χ2n) is 6.05. The molecule has 0 heterocycles. The highest BCUT2D eigenvalue weighted by Crippen LogP contribution is 2.33. The molecule has 0 spiro atoms. The zero-order valence-electron chi connectivity index (χ0n) is 14.0. The van der Waals surface area contributed by atoms with Gasteiger partial charge in [0.05, 0.1) is 26.3 Å². The number of hydrogen-bond acceptors (Lipinski definition) is 5. The topological polar surface area (TPSA) is 48.0 Å². The molecule has 0 bridgehead atoms. The Morgan fingerprint density at radius 2 is 1.68 bits per heavy atom. The van der Waals surface area contributed by atoms with Crippen LogP contribution in [0.3, 0.4) is 0 Å². The van der Waals surface area contributed by atoms with Gasteiger partial charge in [0.25, 0.3) is 0 Å². The second kappa shape index (κ2) is 7.83. The summed E-state index contributed by atoms with van der Waals surface area (Å²) in [5.41, 5.74) is 0.407. The van der Waals surface area contributed by atoms with Crippen LogP contribution in [0.4, 0.5) is 0 Å². The first-order valence-corrected chi connectivity index (χ1v) is 7.76. The van der Waals surface area contributed by atoms with Gasteiger partial charge in [-0.1, -0.05) is 15.9 Å². The van der Waals surface area contributed by atoms with Crippen LogP contribution in [0.5, 0.6) is 11.5 Å². The van der Waals surface area contributed by atoms with Crippen LogP contribution in [0.1, 0.15) is 26.3 Å². The van der Waals surface area contributed by atoms with E-state index >= 15 is 0 Å². The minimum absolute atomic E-state index is 0.194. The van der Waals surface area contributed by atoms with Crippen molar-refractivity contribution < 1.29 is 19.0 Å². The van der Waals surface area contributed by atoms with E-state index in [2.05, 4.69) is 15.9 Å². The Morgan fingerprint density at radius 1 is 1.18 bits per heavy atom. The predicted molar refractivity (Wildman–Crippen MR) is 89.4 cm³/mol. The lowest BCUT2D eigenvalue weighted by molar-refractivity contribution is -0.155. The van der Waals surface area contributed by atoms with Gasteiger partial charge >= 0.3 is 5.97 Å². The van der Waals surface area contributed by atoms with Crippen molar-refractivity contribution >= 4 is 21.9 Å². The molecule has 0 fully saturated rings. The summed E-state index contributed by atoms with van der Waals surface area (Å²) in [7, 11) is 5.07. The quantitative estimate of drug-likeness (QED) is 0.716. The summed E-state index contributed by atoms with van der Waals surface area (Å²) in [6.45, 7) is 6.27. The van der Waals surface area contributed by atoms with Gasteiger partial charge < -0.3 is 14.2 Å². The molecule has 0 radical (unpaired) electrons. The molecule has 0 aliphatic carbocycles. The minimum atomic E-state index is -0.481. The minimum Gasteiger partial charge on any atom is -0.496 e. The molecule has 0 atom stereocenters. The number of methoxy groups -OCH3 is 2. The monoisotopic (exact) mass is 373 g/mol. The van der Waals surface area contributed by atoms with Crippen molar-refractivity contribution in [3.63, 3.8) is 0 Å². The van der Waals surface area contributed by atoms with Gasteiger partial charge in [0.2, 0.25) is 0 Å². The molecule has 5 nitrogen and oxygen atoms in total. The summed E-state index contributed by atoms with van der Waals surface area (Å²) in [6.07, 6.45) is 0. The zero-order valence-corrected chi connectivity index (χ0v) is 15.6. The van der Waals surface area contributed by atoms with Crippen molar-refractivity contribution in [1.29, 1.82) is 0 Å². The number of nitrogens with zero attached hydrogens (tertiary/aromatic N) is 1. The van der Waals surface area contributed by atoms with E-state index in [0.29, 0.717) is 18.0 Å². The first kappa shape index (κ1) is 18.8. The Kier molecular flexibility index (Phi) is 6.68. The normalized spacial score (nSPS) is 11.5. The highest BCUT2D eigenvalue weighted by atomic mass is 79.9. The highest BCUT2D eigenvalue weighted by molar-refractivity contribution is 9.10. The second-order valence-corrected chi connectivity index (χ2v) is 6.96. The third-order valence-corrected chi connectivity index (χ3v) is 3.28. The first-order valence-electron chi connectivity index (χ1n) is 6.97. The SMILES string of the molecule is COc1cc(Br)cc(OC)c1CN(C)CC(=O)OC(C)(C)C. The molecule has 0 aromatic heterocycles. The maximum atomic E-state index is 11.9. The van der Waals surface area contributed by atoms with Crippen LogP contribution in [-0.4, -0.2) is 44.3 Å².